The molecule has 1 rings (SSSR count). The lowest BCUT2D eigenvalue weighted by molar-refractivity contribution is 0.182. The van der Waals surface area contributed by atoms with E-state index in [1.165, 1.54) is 5.57 Å². The summed E-state index contributed by atoms with van der Waals surface area (Å²) in [5.74, 6) is 0.964. The van der Waals surface area contributed by atoms with Crippen molar-refractivity contribution in [1.82, 2.24) is 5.32 Å². The Hall–Kier alpha value is -1.24. The maximum Gasteiger partial charge on any atom is 0.101 e. The fourth-order valence-electron chi connectivity index (χ4n) is 1.66. The van der Waals surface area contributed by atoms with E-state index in [4.69, 9.17) is 4.74 Å². The topological polar surface area (TPSA) is 21.3 Å². The molecular weight excluding hydrogens is 186 g/mol. The fraction of sp³-hybridized carbons (Fsp3) is 0.462. The molecule has 0 aromatic rings. The molecule has 1 N–H and O–H groups in total. The van der Waals surface area contributed by atoms with Crippen LogP contribution in [-0.4, -0.2) is 19.7 Å². The van der Waals surface area contributed by atoms with Crippen LogP contribution < -0.4 is 5.32 Å². The van der Waals surface area contributed by atoms with E-state index in [-0.39, 0.29) is 0 Å². The second-order valence-corrected chi connectivity index (χ2v) is 3.76. The number of hydrogen-bond acceptors (Lipinski definition) is 2. The minimum Gasteiger partial charge on any atom is -0.498 e. The van der Waals surface area contributed by atoms with E-state index in [0.717, 1.165) is 31.6 Å². The molecule has 1 unspecified atom stereocenters. The largest absolute Gasteiger partial charge is 0.498 e. The normalized spacial score (nSPS) is 25.0. The van der Waals surface area contributed by atoms with Gasteiger partial charge in [0.15, 0.2) is 0 Å². The van der Waals surface area contributed by atoms with Gasteiger partial charge in [-0.25, -0.2) is 0 Å². The van der Waals surface area contributed by atoms with E-state index in [9.17, 15) is 0 Å². The van der Waals surface area contributed by atoms with Gasteiger partial charge in [-0.05, 0) is 32.0 Å². The molecule has 0 saturated carbocycles. The van der Waals surface area contributed by atoms with Crippen LogP contribution in [0.3, 0.4) is 0 Å². The molecule has 82 valence electrons. The highest BCUT2D eigenvalue weighted by Crippen LogP contribution is 2.20. The zero-order chi connectivity index (χ0) is 11.1. The summed E-state index contributed by atoms with van der Waals surface area (Å²) in [6, 6.07) is 0.494. The van der Waals surface area contributed by atoms with Gasteiger partial charge >= 0.3 is 0 Å². The highest BCUT2D eigenvalue weighted by atomic mass is 16.5. The SMILES string of the molecule is C=C=C/C=C1\CC(=C)CC(NC)CCO1. The van der Waals surface area contributed by atoms with Crippen molar-refractivity contribution >= 4 is 0 Å². The van der Waals surface area contributed by atoms with Gasteiger partial charge in [0.2, 0.25) is 0 Å². The summed E-state index contributed by atoms with van der Waals surface area (Å²) in [7, 11) is 1.98. The van der Waals surface area contributed by atoms with Crippen molar-refractivity contribution in [2.24, 2.45) is 0 Å². The lowest BCUT2D eigenvalue weighted by Gasteiger charge is -2.22. The smallest absolute Gasteiger partial charge is 0.101 e. The Bertz CT molecular complexity index is 298. The van der Waals surface area contributed by atoms with Crippen LogP contribution in [0.4, 0.5) is 0 Å². The van der Waals surface area contributed by atoms with E-state index in [0.29, 0.717) is 6.04 Å². The minimum absolute atomic E-state index is 0.494. The van der Waals surface area contributed by atoms with Crippen molar-refractivity contribution in [1.29, 1.82) is 0 Å². The van der Waals surface area contributed by atoms with Crippen LogP contribution in [0.15, 0.2) is 42.4 Å². The number of rotatable bonds is 2. The summed E-state index contributed by atoms with van der Waals surface area (Å²) in [5, 5.41) is 3.27. The summed E-state index contributed by atoms with van der Waals surface area (Å²) < 4.78 is 5.65. The lowest BCUT2D eigenvalue weighted by atomic mass is 10.0. The maximum atomic E-state index is 5.65. The molecule has 1 aliphatic rings. The van der Waals surface area contributed by atoms with Gasteiger partial charge in [0.1, 0.15) is 5.76 Å². The zero-order valence-electron chi connectivity index (χ0n) is 9.38. The number of ether oxygens (including phenoxy) is 1. The molecular formula is C13H19NO. The molecule has 0 aromatic carbocycles. The second kappa shape index (κ2) is 6.28. The van der Waals surface area contributed by atoms with Crippen LogP contribution in [0.1, 0.15) is 19.3 Å². The molecule has 0 aromatic heterocycles. The molecule has 1 saturated heterocycles. The number of hydrogen-bond donors (Lipinski definition) is 1. The molecule has 0 amide bonds. The molecule has 2 nitrogen and oxygen atoms in total. The Labute approximate surface area is 92.0 Å². The number of allylic oxidation sites excluding steroid dienone is 3. The third kappa shape index (κ3) is 4.20. The van der Waals surface area contributed by atoms with Crippen molar-refractivity contribution in [2.75, 3.05) is 13.7 Å². The Morgan fingerprint density at radius 3 is 3.07 bits per heavy atom. The van der Waals surface area contributed by atoms with E-state index >= 15 is 0 Å². The summed E-state index contributed by atoms with van der Waals surface area (Å²) in [4.78, 5) is 0. The van der Waals surface area contributed by atoms with Gasteiger partial charge in [0.05, 0.1) is 6.61 Å². The zero-order valence-corrected chi connectivity index (χ0v) is 9.38. The predicted molar refractivity (Wildman–Crippen MR) is 63.6 cm³/mol. The standard InChI is InChI=1S/C13H19NO/c1-4-5-6-13-10-11(2)9-12(14-3)7-8-15-13/h5-6,12,14H,1-2,7-10H2,3H3/b13-6+. The molecule has 1 fully saturated rings. The Morgan fingerprint density at radius 2 is 2.40 bits per heavy atom. The highest BCUT2D eigenvalue weighted by molar-refractivity contribution is 5.15. The van der Waals surface area contributed by atoms with Gasteiger partial charge in [-0.1, -0.05) is 18.7 Å². The van der Waals surface area contributed by atoms with Crippen molar-refractivity contribution in [3.8, 4) is 0 Å². The Balaban J connectivity index is 2.61. The van der Waals surface area contributed by atoms with Crippen molar-refractivity contribution in [2.45, 2.75) is 25.3 Å². The van der Waals surface area contributed by atoms with Gasteiger partial charge in [-0.15, -0.1) is 5.73 Å². The van der Waals surface area contributed by atoms with E-state index in [1.54, 1.807) is 6.08 Å². The molecule has 1 atom stereocenters. The van der Waals surface area contributed by atoms with Gasteiger partial charge < -0.3 is 10.1 Å². The average molecular weight is 205 g/mol. The van der Waals surface area contributed by atoms with Crippen molar-refractivity contribution < 1.29 is 4.74 Å². The summed E-state index contributed by atoms with van der Waals surface area (Å²) in [5.41, 5.74) is 3.92. The fourth-order valence-corrected chi connectivity index (χ4v) is 1.66. The van der Waals surface area contributed by atoms with Crippen LogP contribution in [0, 0.1) is 0 Å². The molecule has 0 radical (unpaired) electrons. The van der Waals surface area contributed by atoms with Crippen LogP contribution in [-0.2, 0) is 4.74 Å². The first-order valence-corrected chi connectivity index (χ1v) is 5.28. The van der Waals surface area contributed by atoms with Crippen LogP contribution >= 0.6 is 0 Å². The third-order valence-electron chi connectivity index (χ3n) is 2.51. The minimum atomic E-state index is 0.494. The maximum absolute atomic E-state index is 5.65. The monoisotopic (exact) mass is 205 g/mol. The van der Waals surface area contributed by atoms with Gasteiger partial charge in [-0.3, -0.25) is 0 Å². The van der Waals surface area contributed by atoms with Crippen LogP contribution in [0.5, 0.6) is 0 Å². The summed E-state index contributed by atoms with van der Waals surface area (Å²) in [6.45, 7) is 8.34. The predicted octanol–water partition coefficient (Wildman–Crippen LogP) is 2.56. The molecule has 1 heterocycles. The van der Waals surface area contributed by atoms with Gasteiger partial charge in [0, 0.05) is 12.5 Å². The van der Waals surface area contributed by atoms with E-state index in [2.05, 4.69) is 24.2 Å². The summed E-state index contributed by atoms with van der Waals surface area (Å²) >= 11 is 0. The van der Waals surface area contributed by atoms with Crippen molar-refractivity contribution in [3.63, 3.8) is 0 Å². The first-order chi connectivity index (χ1) is 7.26. The van der Waals surface area contributed by atoms with E-state index in [1.807, 2.05) is 13.1 Å². The molecule has 0 spiro atoms. The molecule has 2 heteroatoms. The molecule has 0 bridgehead atoms. The van der Waals surface area contributed by atoms with Crippen LogP contribution in [0.25, 0.3) is 0 Å². The molecule has 0 aliphatic carbocycles. The first kappa shape index (κ1) is 11.8. The Morgan fingerprint density at radius 1 is 1.60 bits per heavy atom. The second-order valence-electron chi connectivity index (χ2n) is 3.76. The molecule has 1 aliphatic heterocycles. The molecule has 15 heavy (non-hydrogen) atoms. The highest BCUT2D eigenvalue weighted by Gasteiger charge is 2.13. The van der Waals surface area contributed by atoms with Gasteiger partial charge in [0.25, 0.3) is 0 Å². The van der Waals surface area contributed by atoms with Gasteiger partial charge in [-0.2, -0.15) is 0 Å². The first-order valence-electron chi connectivity index (χ1n) is 5.28. The van der Waals surface area contributed by atoms with E-state index < -0.39 is 0 Å². The third-order valence-corrected chi connectivity index (χ3v) is 2.51. The number of nitrogens with one attached hydrogen (secondary N) is 1. The Kier molecular flexibility index (Phi) is 4.96. The van der Waals surface area contributed by atoms with Crippen molar-refractivity contribution in [3.05, 3.63) is 42.4 Å². The van der Waals surface area contributed by atoms with Crippen LogP contribution in [0.2, 0.25) is 0 Å². The summed E-state index contributed by atoms with van der Waals surface area (Å²) in [6.07, 6.45) is 6.55. The average Bonchev–Trinajstić information content (AvgIpc) is 2.20. The quantitative estimate of drug-likeness (QED) is 0.552. The lowest BCUT2D eigenvalue weighted by Crippen LogP contribution is -2.28.